The summed E-state index contributed by atoms with van der Waals surface area (Å²) in [5, 5.41) is 13.3. The number of aromatic nitrogens is 2. The summed E-state index contributed by atoms with van der Waals surface area (Å²) < 4.78 is 0. The molecule has 2 N–H and O–H groups in total. The Balaban J connectivity index is 3.08. The highest BCUT2D eigenvalue weighted by molar-refractivity contribution is 5.17. The van der Waals surface area contributed by atoms with Crippen LogP contribution in [0.15, 0.2) is 4.79 Å². The minimum Gasteiger partial charge on any atom is -0.301 e. The maximum Gasteiger partial charge on any atom is 0.267 e. The zero-order chi connectivity index (χ0) is 7.56. The van der Waals surface area contributed by atoms with E-state index in [0.717, 1.165) is 0 Å². The highest BCUT2D eigenvalue weighted by Crippen LogP contribution is 1.95. The molecule has 0 aliphatic rings. The minimum atomic E-state index is -0.148. The normalized spacial score (nSPS) is 9.20. The van der Waals surface area contributed by atoms with E-state index in [1.807, 2.05) is 6.07 Å². The van der Waals surface area contributed by atoms with Crippen molar-refractivity contribution in [3.8, 4) is 6.07 Å². The van der Waals surface area contributed by atoms with Crippen molar-refractivity contribution in [3.63, 3.8) is 0 Å². The van der Waals surface area contributed by atoms with Gasteiger partial charge in [0, 0.05) is 5.56 Å². The summed E-state index contributed by atoms with van der Waals surface area (Å²) in [5.74, 6) is 0. The Bertz CT molecular complexity index is 314. The molecule has 52 valence electrons. The van der Waals surface area contributed by atoms with Gasteiger partial charge in [-0.1, -0.05) is 0 Å². The Labute approximate surface area is 57.5 Å². The third-order valence-electron chi connectivity index (χ3n) is 1.38. The smallest absolute Gasteiger partial charge is 0.267 e. The van der Waals surface area contributed by atoms with Crippen LogP contribution in [-0.4, -0.2) is 10.2 Å². The third-order valence-corrected chi connectivity index (χ3v) is 1.38. The second-order valence-corrected chi connectivity index (χ2v) is 2.02. The molecule has 1 aromatic heterocycles. The van der Waals surface area contributed by atoms with Crippen LogP contribution in [0.4, 0.5) is 0 Å². The lowest BCUT2D eigenvalue weighted by molar-refractivity contribution is 0.997. The van der Waals surface area contributed by atoms with Crippen LogP contribution in [-0.2, 0) is 6.42 Å². The summed E-state index contributed by atoms with van der Waals surface area (Å²) in [6, 6.07) is 1.95. The molecule has 0 aromatic carbocycles. The van der Waals surface area contributed by atoms with E-state index in [1.54, 1.807) is 6.92 Å². The molecule has 0 atom stereocenters. The van der Waals surface area contributed by atoms with Gasteiger partial charge in [0.25, 0.3) is 5.56 Å². The summed E-state index contributed by atoms with van der Waals surface area (Å²) in [4.78, 5) is 10.7. The highest BCUT2D eigenvalue weighted by atomic mass is 16.1. The molecule has 1 aromatic rings. The molecule has 10 heavy (non-hydrogen) atoms. The van der Waals surface area contributed by atoms with Gasteiger partial charge in [-0.2, -0.15) is 5.26 Å². The molecule has 0 unspecified atom stereocenters. The minimum absolute atomic E-state index is 0.148. The molecule has 1 rings (SSSR count). The average Bonchev–Trinajstić information content (AvgIpc) is 2.20. The van der Waals surface area contributed by atoms with Gasteiger partial charge in [-0.3, -0.25) is 9.89 Å². The molecule has 1 heterocycles. The van der Waals surface area contributed by atoms with Crippen LogP contribution in [0.25, 0.3) is 0 Å². The quantitative estimate of drug-likeness (QED) is 0.575. The number of aromatic amines is 2. The van der Waals surface area contributed by atoms with Gasteiger partial charge in [-0.15, -0.1) is 0 Å². The largest absolute Gasteiger partial charge is 0.301 e. The molecule has 0 fully saturated rings. The van der Waals surface area contributed by atoms with Crippen LogP contribution in [0, 0.1) is 18.3 Å². The molecule has 0 saturated carbocycles. The predicted molar refractivity (Wildman–Crippen MR) is 35.5 cm³/mol. The zero-order valence-electron chi connectivity index (χ0n) is 5.56. The van der Waals surface area contributed by atoms with Gasteiger partial charge in [0.05, 0.1) is 18.2 Å². The third kappa shape index (κ3) is 0.935. The van der Waals surface area contributed by atoms with E-state index < -0.39 is 0 Å². The molecule has 0 aliphatic heterocycles. The van der Waals surface area contributed by atoms with Crippen molar-refractivity contribution in [1.29, 1.82) is 5.26 Å². The van der Waals surface area contributed by atoms with Crippen LogP contribution in [0.3, 0.4) is 0 Å². The molecular weight excluding hydrogens is 130 g/mol. The van der Waals surface area contributed by atoms with Crippen LogP contribution < -0.4 is 5.56 Å². The summed E-state index contributed by atoms with van der Waals surface area (Å²) in [6.45, 7) is 1.68. The molecule has 4 nitrogen and oxygen atoms in total. The molecule has 0 saturated heterocycles. The van der Waals surface area contributed by atoms with E-state index in [9.17, 15) is 4.79 Å². The number of nitrogens with one attached hydrogen (secondary N) is 2. The molecular formula is C6H7N3O. The van der Waals surface area contributed by atoms with E-state index >= 15 is 0 Å². The fourth-order valence-electron chi connectivity index (χ4n) is 0.713. The average molecular weight is 137 g/mol. The number of nitrogens with zero attached hydrogens (tertiary/aromatic N) is 1. The SMILES string of the molecule is Cc1c(CC#N)[nH][nH]c1=O. The summed E-state index contributed by atoms with van der Waals surface area (Å²) >= 11 is 0. The molecule has 4 heteroatoms. The molecule has 0 amide bonds. The number of H-pyrrole nitrogens is 2. The van der Waals surface area contributed by atoms with E-state index in [4.69, 9.17) is 5.26 Å². The first-order chi connectivity index (χ1) is 4.75. The fourth-order valence-corrected chi connectivity index (χ4v) is 0.713. The van der Waals surface area contributed by atoms with Gasteiger partial charge in [0.15, 0.2) is 0 Å². The Morgan fingerprint density at radius 3 is 2.70 bits per heavy atom. The Morgan fingerprint density at radius 2 is 2.30 bits per heavy atom. The summed E-state index contributed by atoms with van der Waals surface area (Å²) in [6.07, 6.45) is 0.255. The molecule has 0 radical (unpaired) electrons. The number of hydrogen-bond acceptors (Lipinski definition) is 2. The van der Waals surface area contributed by atoms with Crippen LogP contribution in [0.2, 0.25) is 0 Å². The standard InChI is InChI=1S/C6H7N3O/c1-4-5(2-3-7)8-9-6(4)10/h2H2,1H3,(H2,8,9,10). The highest BCUT2D eigenvalue weighted by Gasteiger charge is 2.01. The second kappa shape index (κ2) is 2.40. The van der Waals surface area contributed by atoms with Crippen LogP contribution in [0.5, 0.6) is 0 Å². The Kier molecular flexibility index (Phi) is 1.59. The predicted octanol–water partition coefficient (Wildman–Crippen LogP) is 0.0775. The van der Waals surface area contributed by atoms with E-state index in [0.29, 0.717) is 11.3 Å². The Hall–Kier alpha value is -1.50. The van der Waals surface area contributed by atoms with Crippen molar-refractivity contribution in [3.05, 3.63) is 21.6 Å². The van der Waals surface area contributed by atoms with Crippen molar-refractivity contribution >= 4 is 0 Å². The number of nitriles is 1. The van der Waals surface area contributed by atoms with Crippen LogP contribution >= 0.6 is 0 Å². The maximum atomic E-state index is 10.7. The first-order valence-electron chi connectivity index (χ1n) is 2.88. The first-order valence-corrected chi connectivity index (χ1v) is 2.88. The van der Waals surface area contributed by atoms with Crippen molar-refractivity contribution in [2.24, 2.45) is 0 Å². The van der Waals surface area contributed by atoms with Gasteiger partial charge in [-0.05, 0) is 6.92 Å². The molecule has 0 aliphatic carbocycles. The second-order valence-electron chi connectivity index (χ2n) is 2.02. The molecule has 0 spiro atoms. The monoisotopic (exact) mass is 137 g/mol. The summed E-state index contributed by atoms with van der Waals surface area (Å²) in [7, 11) is 0. The van der Waals surface area contributed by atoms with Crippen molar-refractivity contribution in [2.45, 2.75) is 13.3 Å². The van der Waals surface area contributed by atoms with Gasteiger partial charge in [-0.25, -0.2) is 0 Å². The van der Waals surface area contributed by atoms with Crippen molar-refractivity contribution in [1.82, 2.24) is 10.2 Å². The van der Waals surface area contributed by atoms with E-state index in [2.05, 4.69) is 10.2 Å². The summed E-state index contributed by atoms with van der Waals surface area (Å²) in [5.41, 5.74) is 1.12. The zero-order valence-corrected chi connectivity index (χ0v) is 5.56. The number of rotatable bonds is 1. The molecule has 0 bridgehead atoms. The van der Waals surface area contributed by atoms with Crippen molar-refractivity contribution in [2.75, 3.05) is 0 Å². The van der Waals surface area contributed by atoms with E-state index in [-0.39, 0.29) is 12.0 Å². The van der Waals surface area contributed by atoms with Gasteiger partial charge in [0.2, 0.25) is 0 Å². The topological polar surface area (TPSA) is 72.4 Å². The Morgan fingerprint density at radius 1 is 1.60 bits per heavy atom. The maximum absolute atomic E-state index is 10.7. The van der Waals surface area contributed by atoms with Gasteiger partial charge >= 0.3 is 0 Å². The van der Waals surface area contributed by atoms with E-state index in [1.165, 1.54) is 0 Å². The number of hydrogen-bond donors (Lipinski definition) is 2. The van der Waals surface area contributed by atoms with Gasteiger partial charge < -0.3 is 5.10 Å². The lowest BCUT2D eigenvalue weighted by Crippen LogP contribution is -2.01. The van der Waals surface area contributed by atoms with Crippen molar-refractivity contribution < 1.29 is 0 Å². The lowest BCUT2D eigenvalue weighted by atomic mass is 10.2. The lowest BCUT2D eigenvalue weighted by Gasteiger charge is -1.84. The van der Waals surface area contributed by atoms with Gasteiger partial charge in [0.1, 0.15) is 0 Å². The fraction of sp³-hybridized carbons (Fsp3) is 0.333. The first kappa shape index (κ1) is 6.62. The van der Waals surface area contributed by atoms with Crippen LogP contribution in [0.1, 0.15) is 11.3 Å².